The zero-order chi connectivity index (χ0) is 91.9. The molecule has 0 spiro atoms. The minimum absolute atomic E-state index is 0.0110. The fourth-order valence-corrected chi connectivity index (χ4v) is 13.6. The topological polar surface area (TPSA) is 201 Å². The van der Waals surface area contributed by atoms with Gasteiger partial charge in [0.15, 0.2) is 23.1 Å². The first-order valence-corrected chi connectivity index (χ1v) is 40.7. The SMILES string of the molecule is CCC(=O)N(C)c1ccc(-c2ccc(C(=O)CCc3ccc(C)nc3C)c(F)c2)cc1F.CCC(=O)N(C)c1ccc(-c2ccc(C(=O)CCc3ccc(Cl)nc3)c(F)c2)cc1F.CCC(=O)N(C)c1ccc(-c2ccc(C(=O)CCc3ccc(F)nc3)c(F)c2)cc1F.CCC(=O)N(C)c1ccc(-c2ccc(C(=O)CCc3ccc(F)nc3C)c(F)c2)cc1F. The minimum atomic E-state index is -0.706. The highest BCUT2D eigenvalue weighted by atomic mass is 35.5. The van der Waals surface area contributed by atoms with Crippen LogP contribution in [-0.4, -0.2) is 94.9 Å². The summed E-state index contributed by atoms with van der Waals surface area (Å²) in [4.78, 5) is 118. The lowest BCUT2D eigenvalue weighted by Gasteiger charge is -2.18. The number of anilines is 4. The van der Waals surface area contributed by atoms with Gasteiger partial charge in [0.2, 0.25) is 35.5 Å². The highest BCUT2D eigenvalue weighted by Gasteiger charge is 2.24. The summed E-state index contributed by atoms with van der Waals surface area (Å²) in [5.41, 5.74) is 9.37. The fraction of sp³-hybridized carbons (Fsp3) is 0.232. The molecule has 8 aromatic carbocycles. The van der Waals surface area contributed by atoms with Gasteiger partial charge in [-0.3, -0.25) is 43.3 Å². The minimum Gasteiger partial charge on any atom is -0.313 e. The molecule has 0 aliphatic rings. The summed E-state index contributed by atoms with van der Waals surface area (Å²) < 4.78 is 143. The van der Waals surface area contributed by atoms with Crippen LogP contribution in [0.25, 0.3) is 44.5 Å². The summed E-state index contributed by atoms with van der Waals surface area (Å²) in [6.45, 7) is 12.2. The molecule has 12 rings (SSSR count). The van der Waals surface area contributed by atoms with Crippen LogP contribution in [0.2, 0.25) is 5.15 Å². The lowest BCUT2D eigenvalue weighted by Crippen LogP contribution is -2.25. The highest BCUT2D eigenvalue weighted by Crippen LogP contribution is 2.34. The number of hydrogen-bond donors (Lipinski definition) is 0. The van der Waals surface area contributed by atoms with Crippen molar-refractivity contribution in [3.63, 3.8) is 0 Å². The molecule has 0 aliphatic carbocycles. The maximum atomic E-state index is 14.7. The van der Waals surface area contributed by atoms with Crippen molar-refractivity contribution < 1.29 is 82.3 Å². The van der Waals surface area contributed by atoms with Gasteiger partial charge in [-0.2, -0.15) is 8.78 Å². The molecular formula is C99H91ClF10N8O8. The standard InChI is InChI=1S/C26H26F2N2O2.C25H23F3N2O2.C24H21ClF2N2O2.C24H21F3N2O2/c1-5-26(32)30(4)24-12-9-20(15-23(24)28)19-8-11-21(22(27)14-19)25(31)13-10-18-7-6-16(2)29-17(18)3;1-4-25(32)30(3)22-10-6-18(14-21(22)27)17-5-9-19(20(26)13-17)23(31)11-7-16-8-12-24(28)29-15(16)2;1-3-24(31)29(2)21-9-7-17(13-20(21)27)16-6-8-18(19(26)12-16)22(30)10-4-15-5-11-23(25)28-14-15;1-3-24(31)29(2)21-9-7-17(13-20(21)26)16-6-8-18(19(25)12-16)22(30)10-4-15-5-11-23(27)28-14-15/h6-9,11-12,14-15H,5,10,13H2,1-4H3;5-6,8-10,12-14H,4,7,11H2,1-3H3;2*5-9,11-14H,3-4,10H2,1-2H3. The molecule has 0 unspecified atom stereocenters. The van der Waals surface area contributed by atoms with Gasteiger partial charge >= 0.3 is 0 Å². The Labute approximate surface area is 729 Å². The highest BCUT2D eigenvalue weighted by molar-refractivity contribution is 6.29. The van der Waals surface area contributed by atoms with E-state index in [2.05, 4.69) is 19.9 Å². The van der Waals surface area contributed by atoms with Gasteiger partial charge < -0.3 is 19.6 Å². The number of nitrogens with zero attached hydrogens (tertiary/aromatic N) is 8. The molecule has 4 heterocycles. The second-order valence-electron chi connectivity index (χ2n) is 29.4. The lowest BCUT2D eigenvalue weighted by atomic mass is 9.98. The fourth-order valence-electron chi connectivity index (χ4n) is 13.5. The third-order valence-electron chi connectivity index (χ3n) is 21.0. The molecule has 0 aliphatic heterocycles. The maximum absolute atomic E-state index is 14.7. The summed E-state index contributed by atoms with van der Waals surface area (Å²) in [5, 5.41) is 0.366. The molecule has 16 nitrogen and oxygen atoms in total. The summed E-state index contributed by atoms with van der Waals surface area (Å²) in [6.07, 6.45) is 5.85. The number of carbonyl (C=O) groups is 8. The molecular weight excluding hydrogens is 1650 g/mol. The summed E-state index contributed by atoms with van der Waals surface area (Å²) in [5.74, 6) is -8.56. The van der Waals surface area contributed by atoms with E-state index in [1.54, 1.807) is 108 Å². The largest absolute Gasteiger partial charge is 0.313 e. The van der Waals surface area contributed by atoms with E-state index in [4.69, 9.17) is 11.6 Å². The average Bonchev–Trinajstić information content (AvgIpc) is 0.817. The van der Waals surface area contributed by atoms with E-state index in [0.29, 0.717) is 86.6 Å². The number of rotatable bonds is 28. The second kappa shape index (κ2) is 44.7. The lowest BCUT2D eigenvalue weighted by molar-refractivity contribution is -0.118. The Morgan fingerprint density at radius 1 is 0.294 bits per heavy atom. The molecule has 652 valence electrons. The number of aromatic nitrogens is 4. The summed E-state index contributed by atoms with van der Waals surface area (Å²) in [7, 11) is 6.00. The Morgan fingerprint density at radius 2 is 0.556 bits per heavy atom. The second-order valence-corrected chi connectivity index (χ2v) is 29.8. The Bertz CT molecular complexity index is 5670. The van der Waals surface area contributed by atoms with Gasteiger partial charge in [0.1, 0.15) is 51.7 Å². The van der Waals surface area contributed by atoms with Crippen molar-refractivity contribution in [1.29, 1.82) is 0 Å². The first-order chi connectivity index (χ1) is 60.0. The molecule has 0 bridgehead atoms. The van der Waals surface area contributed by atoms with Crippen LogP contribution in [0, 0.1) is 79.2 Å². The number of ketones is 4. The first kappa shape index (κ1) is 96.3. The third-order valence-corrected chi connectivity index (χ3v) is 21.2. The van der Waals surface area contributed by atoms with Crippen molar-refractivity contribution in [3.8, 4) is 44.5 Å². The van der Waals surface area contributed by atoms with Gasteiger partial charge in [0, 0.05) is 109 Å². The summed E-state index contributed by atoms with van der Waals surface area (Å²) in [6, 6.07) is 46.8. The van der Waals surface area contributed by atoms with Crippen LogP contribution in [0.1, 0.15) is 160 Å². The van der Waals surface area contributed by atoms with Gasteiger partial charge in [-0.1, -0.05) is 112 Å². The number of halogens is 11. The van der Waals surface area contributed by atoms with Gasteiger partial charge in [0.25, 0.3) is 0 Å². The number of amides is 4. The number of aryl methyl sites for hydroxylation is 7. The van der Waals surface area contributed by atoms with E-state index in [9.17, 15) is 82.3 Å². The van der Waals surface area contributed by atoms with Crippen LogP contribution in [0.3, 0.4) is 0 Å². The molecule has 12 aromatic rings. The van der Waals surface area contributed by atoms with E-state index in [0.717, 1.165) is 28.1 Å². The maximum Gasteiger partial charge on any atom is 0.226 e. The van der Waals surface area contributed by atoms with E-state index < -0.39 is 64.2 Å². The van der Waals surface area contributed by atoms with Crippen LogP contribution >= 0.6 is 11.6 Å². The number of benzene rings is 8. The van der Waals surface area contributed by atoms with Gasteiger partial charge in [-0.15, -0.1) is 0 Å². The Balaban J connectivity index is 0.000000190. The number of pyridine rings is 4. The molecule has 0 radical (unpaired) electrons. The molecule has 0 saturated heterocycles. The molecule has 126 heavy (non-hydrogen) atoms. The van der Waals surface area contributed by atoms with Crippen molar-refractivity contribution in [2.24, 2.45) is 0 Å². The van der Waals surface area contributed by atoms with E-state index in [1.807, 2.05) is 26.0 Å². The zero-order valence-electron chi connectivity index (χ0n) is 71.1. The Kier molecular flexibility index (Phi) is 34.2. The van der Waals surface area contributed by atoms with Crippen molar-refractivity contribution in [2.45, 2.75) is 126 Å². The van der Waals surface area contributed by atoms with Crippen LogP contribution in [-0.2, 0) is 44.9 Å². The molecule has 0 saturated carbocycles. The van der Waals surface area contributed by atoms with Crippen molar-refractivity contribution in [2.75, 3.05) is 47.8 Å². The number of carbonyl (C=O) groups excluding carboxylic acids is 8. The zero-order valence-corrected chi connectivity index (χ0v) is 71.9. The van der Waals surface area contributed by atoms with Crippen molar-refractivity contribution >= 4 is 81.1 Å². The monoisotopic (exact) mass is 1740 g/mol. The van der Waals surface area contributed by atoms with Gasteiger partial charge in [-0.05, 0) is 235 Å². The van der Waals surface area contributed by atoms with Crippen LogP contribution < -0.4 is 19.6 Å². The van der Waals surface area contributed by atoms with Crippen molar-refractivity contribution in [3.05, 3.63) is 332 Å². The smallest absolute Gasteiger partial charge is 0.226 e. The predicted octanol–water partition coefficient (Wildman–Crippen LogP) is 22.7. The normalized spacial score (nSPS) is 10.8. The molecule has 0 atom stereocenters. The molecule has 4 aromatic heterocycles. The average molecular weight is 1750 g/mol. The van der Waals surface area contributed by atoms with Crippen LogP contribution in [0.15, 0.2) is 207 Å². The first-order valence-electron chi connectivity index (χ1n) is 40.3. The molecule has 4 amide bonds. The molecule has 27 heteroatoms. The Hall–Kier alpha value is -13.5. The predicted molar refractivity (Wildman–Crippen MR) is 469 cm³/mol. The van der Waals surface area contributed by atoms with E-state index >= 15 is 0 Å². The van der Waals surface area contributed by atoms with Gasteiger partial charge in [0.05, 0.1) is 45.0 Å². The molecule has 0 fully saturated rings. The van der Waals surface area contributed by atoms with E-state index in [1.165, 1.54) is 169 Å². The van der Waals surface area contributed by atoms with Crippen LogP contribution in [0.4, 0.5) is 66.7 Å². The van der Waals surface area contributed by atoms with E-state index in [-0.39, 0.29) is 137 Å². The Morgan fingerprint density at radius 3 is 0.810 bits per heavy atom. The number of hydrogen-bond acceptors (Lipinski definition) is 12. The summed E-state index contributed by atoms with van der Waals surface area (Å²) >= 11 is 5.74. The third kappa shape index (κ3) is 25.4. The molecule has 0 N–H and O–H groups in total. The quantitative estimate of drug-likeness (QED) is 0.0255. The van der Waals surface area contributed by atoms with Crippen molar-refractivity contribution in [1.82, 2.24) is 19.9 Å². The van der Waals surface area contributed by atoms with Crippen LogP contribution in [0.5, 0.6) is 0 Å². The number of Topliss-reactive ketones (excluding diaryl/α,β-unsaturated/α-hetero) is 4. The van der Waals surface area contributed by atoms with Gasteiger partial charge in [-0.25, -0.2) is 50.1 Å².